The summed E-state index contributed by atoms with van der Waals surface area (Å²) in [6, 6.07) is 9.92. The maximum absolute atomic E-state index is 5.54. The van der Waals surface area contributed by atoms with Crippen LogP contribution in [0.5, 0.6) is 0 Å². The summed E-state index contributed by atoms with van der Waals surface area (Å²) in [5.41, 5.74) is 2.73. The third kappa shape index (κ3) is 3.43. The number of aromatic amines is 1. The quantitative estimate of drug-likeness (QED) is 0.819. The molecular weight excluding hydrogens is 308 g/mol. The summed E-state index contributed by atoms with van der Waals surface area (Å²) in [4.78, 5) is 0. The van der Waals surface area contributed by atoms with E-state index in [-0.39, 0.29) is 0 Å². The van der Waals surface area contributed by atoms with Crippen molar-refractivity contribution in [3.8, 4) is 11.3 Å². The van der Waals surface area contributed by atoms with Crippen LogP contribution in [0.15, 0.2) is 34.8 Å². The second-order valence-corrected chi connectivity index (χ2v) is 4.79. The number of benzene rings is 1. The molecular formula is C14H17BrN2O2. The lowest BCUT2D eigenvalue weighted by molar-refractivity contribution is -0.142. The van der Waals surface area contributed by atoms with E-state index in [1.165, 1.54) is 0 Å². The zero-order valence-electron chi connectivity index (χ0n) is 11.0. The van der Waals surface area contributed by atoms with Gasteiger partial charge in [-0.25, -0.2) is 0 Å². The molecule has 0 aliphatic carbocycles. The van der Waals surface area contributed by atoms with Crippen LogP contribution < -0.4 is 0 Å². The monoisotopic (exact) mass is 324 g/mol. The van der Waals surface area contributed by atoms with E-state index in [4.69, 9.17) is 9.47 Å². The highest BCUT2D eigenvalue weighted by molar-refractivity contribution is 9.10. The summed E-state index contributed by atoms with van der Waals surface area (Å²) < 4.78 is 12.1. The maximum Gasteiger partial charge on any atom is 0.200 e. The standard InChI is InChI=1S/C14H17BrN2O2/c1-3-18-14(19-4-2)13-9-12(16-17-13)10-7-5-6-8-11(10)15/h5-9,14H,3-4H2,1-2H3,(H,16,17). The largest absolute Gasteiger partial charge is 0.347 e. The maximum atomic E-state index is 5.54. The van der Waals surface area contributed by atoms with Gasteiger partial charge in [-0.1, -0.05) is 34.1 Å². The number of ether oxygens (including phenoxy) is 2. The predicted octanol–water partition coefficient (Wildman–Crippen LogP) is 3.91. The molecule has 0 aliphatic rings. The van der Waals surface area contributed by atoms with Crippen LogP contribution in [0.3, 0.4) is 0 Å². The Bertz CT molecular complexity index is 522. The third-order valence-corrected chi connectivity index (χ3v) is 3.33. The molecule has 1 heterocycles. The molecule has 2 aromatic rings. The third-order valence-electron chi connectivity index (χ3n) is 2.64. The van der Waals surface area contributed by atoms with E-state index in [1.807, 2.05) is 44.2 Å². The number of nitrogens with zero attached hydrogens (tertiary/aromatic N) is 1. The van der Waals surface area contributed by atoms with Gasteiger partial charge in [0, 0.05) is 23.2 Å². The Balaban J connectivity index is 2.25. The van der Waals surface area contributed by atoms with Crippen LogP contribution in [0.25, 0.3) is 11.3 Å². The first-order valence-electron chi connectivity index (χ1n) is 6.29. The number of halogens is 1. The average Bonchev–Trinajstić information content (AvgIpc) is 2.88. The number of aromatic nitrogens is 2. The van der Waals surface area contributed by atoms with Crippen molar-refractivity contribution in [3.63, 3.8) is 0 Å². The van der Waals surface area contributed by atoms with Crippen molar-refractivity contribution < 1.29 is 9.47 Å². The minimum absolute atomic E-state index is 0.390. The Hall–Kier alpha value is -1.17. The SMILES string of the molecule is CCOC(OCC)c1cc(-c2ccccc2Br)n[nH]1. The van der Waals surface area contributed by atoms with Crippen molar-refractivity contribution in [3.05, 3.63) is 40.5 Å². The lowest BCUT2D eigenvalue weighted by Gasteiger charge is -2.14. The minimum Gasteiger partial charge on any atom is -0.347 e. The highest BCUT2D eigenvalue weighted by Gasteiger charge is 2.15. The first kappa shape index (κ1) is 14.2. The number of H-pyrrole nitrogens is 1. The van der Waals surface area contributed by atoms with E-state index < -0.39 is 6.29 Å². The van der Waals surface area contributed by atoms with E-state index in [1.54, 1.807) is 0 Å². The predicted molar refractivity (Wildman–Crippen MR) is 77.7 cm³/mol. The molecule has 4 nitrogen and oxygen atoms in total. The second-order valence-electron chi connectivity index (χ2n) is 3.93. The molecule has 2 rings (SSSR count). The van der Waals surface area contributed by atoms with Gasteiger partial charge in [0.05, 0.1) is 11.4 Å². The molecule has 1 N–H and O–H groups in total. The molecule has 0 bridgehead atoms. The summed E-state index contributed by atoms with van der Waals surface area (Å²) >= 11 is 3.52. The van der Waals surface area contributed by atoms with E-state index in [0.717, 1.165) is 21.4 Å². The van der Waals surface area contributed by atoms with E-state index in [0.29, 0.717) is 13.2 Å². The molecule has 1 aromatic heterocycles. The topological polar surface area (TPSA) is 47.1 Å². The van der Waals surface area contributed by atoms with Crippen LogP contribution in [0.4, 0.5) is 0 Å². The molecule has 102 valence electrons. The van der Waals surface area contributed by atoms with E-state index >= 15 is 0 Å². The Morgan fingerprint density at radius 2 is 1.89 bits per heavy atom. The van der Waals surface area contributed by atoms with E-state index in [9.17, 15) is 0 Å². The number of hydrogen-bond acceptors (Lipinski definition) is 3. The summed E-state index contributed by atoms with van der Waals surface area (Å²) in [7, 11) is 0. The van der Waals surface area contributed by atoms with Crippen molar-refractivity contribution >= 4 is 15.9 Å². The summed E-state index contributed by atoms with van der Waals surface area (Å²) in [6.07, 6.45) is -0.390. The van der Waals surface area contributed by atoms with Crippen LogP contribution in [0.1, 0.15) is 25.8 Å². The zero-order chi connectivity index (χ0) is 13.7. The van der Waals surface area contributed by atoms with Gasteiger partial charge < -0.3 is 9.47 Å². The van der Waals surface area contributed by atoms with E-state index in [2.05, 4.69) is 26.1 Å². The summed E-state index contributed by atoms with van der Waals surface area (Å²) in [6.45, 7) is 5.07. The molecule has 0 fully saturated rings. The van der Waals surface area contributed by atoms with Crippen molar-refractivity contribution in [2.75, 3.05) is 13.2 Å². The molecule has 0 aliphatic heterocycles. The molecule has 1 aromatic carbocycles. The summed E-state index contributed by atoms with van der Waals surface area (Å²) in [5.74, 6) is 0. The molecule has 0 unspecified atom stereocenters. The Kier molecular flexibility index (Phi) is 5.13. The molecule has 0 atom stereocenters. The van der Waals surface area contributed by atoms with Crippen molar-refractivity contribution in [2.24, 2.45) is 0 Å². The Morgan fingerprint density at radius 1 is 1.21 bits per heavy atom. The molecule has 0 radical (unpaired) electrons. The number of rotatable bonds is 6. The van der Waals surface area contributed by atoms with Gasteiger partial charge in [-0.3, -0.25) is 5.10 Å². The molecule has 19 heavy (non-hydrogen) atoms. The molecule has 0 saturated carbocycles. The highest BCUT2D eigenvalue weighted by atomic mass is 79.9. The fourth-order valence-corrected chi connectivity index (χ4v) is 2.28. The number of hydrogen-bond donors (Lipinski definition) is 1. The van der Waals surface area contributed by atoms with Crippen LogP contribution in [0.2, 0.25) is 0 Å². The fraction of sp³-hybridized carbons (Fsp3) is 0.357. The van der Waals surface area contributed by atoms with Gasteiger partial charge in [-0.15, -0.1) is 0 Å². The van der Waals surface area contributed by atoms with Crippen LogP contribution in [-0.4, -0.2) is 23.4 Å². The van der Waals surface area contributed by atoms with Crippen LogP contribution in [0, 0.1) is 0 Å². The molecule has 0 amide bonds. The second kappa shape index (κ2) is 6.84. The molecule has 5 heteroatoms. The van der Waals surface area contributed by atoms with Gasteiger partial charge >= 0.3 is 0 Å². The van der Waals surface area contributed by atoms with Gasteiger partial charge in [0.15, 0.2) is 6.29 Å². The van der Waals surface area contributed by atoms with Gasteiger partial charge in [0.1, 0.15) is 0 Å². The first-order valence-corrected chi connectivity index (χ1v) is 7.09. The van der Waals surface area contributed by atoms with Gasteiger partial charge in [-0.05, 0) is 26.0 Å². The number of nitrogens with one attached hydrogen (secondary N) is 1. The Labute approximate surface area is 121 Å². The first-order chi connectivity index (χ1) is 9.26. The van der Waals surface area contributed by atoms with Gasteiger partial charge in [0.25, 0.3) is 0 Å². The minimum atomic E-state index is -0.390. The van der Waals surface area contributed by atoms with Crippen molar-refractivity contribution in [1.29, 1.82) is 0 Å². The fourth-order valence-electron chi connectivity index (χ4n) is 1.79. The lowest BCUT2D eigenvalue weighted by Crippen LogP contribution is -2.09. The van der Waals surface area contributed by atoms with Gasteiger partial charge in [0.2, 0.25) is 0 Å². The molecule has 0 spiro atoms. The normalized spacial score (nSPS) is 11.2. The lowest BCUT2D eigenvalue weighted by atomic mass is 10.1. The molecule has 0 saturated heterocycles. The average molecular weight is 325 g/mol. The van der Waals surface area contributed by atoms with Crippen molar-refractivity contribution in [1.82, 2.24) is 10.2 Å². The van der Waals surface area contributed by atoms with Crippen molar-refractivity contribution in [2.45, 2.75) is 20.1 Å². The van der Waals surface area contributed by atoms with Gasteiger partial charge in [-0.2, -0.15) is 5.10 Å². The van der Waals surface area contributed by atoms with Crippen LogP contribution >= 0.6 is 15.9 Å². The highest BCUT2D eigenvalue weighted by Crippen LogP contribution is 2.28. The van der Waals surface area contributed by atoms with Crippen LogP contribution in [-0.2, 0) is 9.47 Å². The zero-order valence-corrected chi connectivity index (χ0v) is 12.6. The summed E-state index contributed by atoms with van der Waals surface area (Å²) in [5, 5.41) is 7.30. The Morgan fingerprint density at radius 3 is 2.53 bits per heavy atom. The smallest absolute Gasteiger partial charge is 0.200 e.